The van der Waals surface area contributed by atoms with Crippen LogP contribution < -0.4 is 5.73 Å². The van der Waals surface area contributed by atoms with Crippen molar-refractivity contribution < 1.29 is 5.11 Å². The highest BCUT2D eigenvalue weighted by atomic mass is 16.3. The van der Waals surface area contributed by atoms with Gasteiger partial charge in [-0.25, -0.2) is 0 Å². The molecule has 0 atom stereocenters. The van der Waals surface area contributed by atoms with Gasteiger partial charge in [0.2, 0.25) is 0 Å². The van der Waals surface area contributed by atoms with E-state index in [-0.39, 0.29) is 5.41 Å². The Balaban J connectivity index is 2.59. The molecule has 0 radical (unpaired) electrons. The van der Waals surface area contributed by atoms with Crippen LogP contribution in [0.2, 0.25) is 0 Å². The summed E-state index contributed by atoms with van der Waals surface area (Å²) in [5, 5.41) is 9.98. The zero-order chi connectivity index (χ0) is 12.6. The molecule has 0 saturated heterocycles. The van der Waals surface area contributed by atoms with Gasteiger partial charge in [-0.2, -0.15) is 0 Å². The average Bonchev–Trinajstić information content (AvgIpc) is 2.81. The second-order valence-electron chi connectivity index (χ2n) is 5.53. The summed E-state index contributed by atoms with van der Waals surface area (Å²) in [7, 11) is 0. The molecule has 0 amide bonds. The van der Waals surface area contributed by atoms with Gasteiger partial charge in [0.1, 0.15) is 5.75 Å². The van der Waals surface area contributed by atoms with Crippen LogP contribution >= 0.6 is 0 Å². The lowest BCUT2D eigenvalue weighted by molar-refractivity contribution is 0.442. The Kier molecular flexibility index (Phi) is 3.17. The van der Waals surface area contributed by atoms with Gasteiger partial charge >= 0.3 is 0 Å². The summed E-state index contributed by atoms with van der Waals surface area (Å²) in [4.78, 5) is 0. The number of nitrogens with two attached hydrogens (primary N) is 1. The molecule has 94 valence electrons. The molecule has 0 unspecified atom stereocenters. The summed E-state index contributed by atoms with van der Waals surface area (Å²) in [5.74, 6) is 0.441. The Morgan fingerprint density at radius 2 is 1.76 bits per heavy atom. The van der Waals surface area contributed by atoms with Crippen molar-refractivity contribution in [3.8, 4) is 5.75 Å². The summed E-state index contributed by atoms with van der Waals surface area (Å²) in [6.07, 6.45) is 4.92. The third-order valence-electron chi connectivity index (χ3n) is 4.58. The Morgan fingerprint density at radius 1 is 1.18 bits per heavy atom. The number of aryl methyl sites for hydroxylation is 1. The maximum atomic E-state index is 9.98. The van der Waals surface area contributed by atoms with Gasteiger partial charge in [0.15, 0.2) is 0 Å². The van der Waals surface area contributed by atoms with Crippen LogP contribution in [0.1, 0.15) is 47.9 Å². The van der Waals surface area contributed by atoms with Crippen molar-refractivity contribution in [2.45, 2.75) is 51.9 Å². The number of hydrogen-bond donors (Lipinski definition) is 2. The molecule has 0 aliphatic heterocycles. The van der Waals surface area contributed by atoms with Crippen LogP contribution in [0.5, 0.6) is 5.75 Å². The molecule has 1 aromatic carbocycles. The van der Waals surface area contributed by atoms with Crippen molar-refractivity contribution in [1.82, 2.24) is 0 Å². The summed E-state index contributed by atoms with van der Waals surface area (Å²) in [6.45, 7) is 6.81. The zero-order valence-corrected chi connectivity index (χ0v) is 11.1. The first-order chi connectivity index (χ1) is 8.02. The Hall–Kier alpha value is -1.02. The predicted molar refractivity (Wildman–Crippen MR) is 71.5 cm³/mol. The van der Waals surface area contributed by atoms with Crippen LogP contribution in [-0.2, 0) is 5.41 Å². The summed E-state index contributed by atoms with van der Waals surface area (Å²) < 4.78 is 0. The van der Waals surface area contributed by atoms with Gasteiger partial charge < -0.3 is 10.8 Å². The van der Waals surface area contributed by atoms with Gasteiger partial charge in [-0.1, -0.05) is 18.9 Å². The Bertz CT molecular complexity index is 431. The summed E-state index contributed by atoms with van der Waals surface area (Å²) >= 11 is 0. The molecule has 1 fully saturated rings. The molecule has 0 aromatic heterocycles. The van der Waals surface area contributed by atoms with Crippen LogP contribution in [0.4, 0.5) is 0 Å². The van der Waals surface area contributed by atoms with Crippen molar-refractivity contribution in [1.29, 1.82) is 0 Å². The second kappa shape index (κ2) is 4.34. The molecule has 17 heavy (non-hydrogen) atoms. The molecular formula is C15H23NO. The smallest absolute Gasteiger partial charge is 0.121 e. The molecule has 2 heteroatoms. The lowest BCUT2D eigenvalue weighted by Crippen LogP contribution is -2.33. The van der Waals surface area contributed by atoms with E-state index in [4.69, 9.17) is 5.73 Å². The molecule has 1 saturated carbocycles. The number of hydrogen-bond acceptors (Lipinski definition) is 2. The highest BCUT2D eigenvalue weighted by molar-refractivity contribution is 5.51. The summed E-state index contributed by atoms with van der Waals surface area (Å²) in [6, 6.07) is 2.15. The van der Waals surface area contributed by atoms with Crippen molar-refractivity contribution in [2.75, 3.05) is 6.54 Å². The van der Waals surface area contributed by atoms with Gasteiger partial charge in [0, 0.05) is 12.0 Å². The minimum atomic E-state index is 0.160. The minimum absolute atomic E-state index is 0.160. The number of aromatic hydroxyl groups is 1. The van der Waals surface area contributed by atoms with Gasteiger partial charge in [-0.05, 0) is 55.9 Å². The van der Waals surface area contributed by atoms with Gasteiger partial charge in [0.05, 0.1) is 0 Å². The molecule has 3 N–H and O–H groups in total. The van der Waals surface area contributed by atoms with Crippen molar-refractivity contribution in [2.24, 2.45) is 5.73 Å². The SMILES string of the molecule is Cc1cc(C2(CN)CCCC2)c(C)c(C)c1O. The Morgan fingerprint density at radius 3 is 2.29 bits per heavy atom. The molecular weight excluding hydrogens is 210 g/mol. The van der Waals surface area contributed by atoms with Gasteiger partial charge in [-0.15, -0.1) is 0 Å². The van der Waals surface area contributed by atoms with E-state index in [9.17, 15) is 5.11 Å². The first-order valence-corrected chi connectivity index (χ1v) is 6.52. The predicted octanol–water partition coefficient (Wildman–Crippen LogP) is 3.09. The maximum Gasteiger partial charge on any atom is 0.121 e. The minimum Gasteiger partial charge on any atom is -0.507 e. The number of phenolic OH excluding ortho intramolecular Hbond substituents is 1. The van der Waals surface area contributed by atoms with Crippen molar-refractivity contribution in [3.63, 3.8) is 0 Å². The fourth-order valence-electron chi connectivity index (χ4n) is 3.25. The molecule has 2 rings (SSSR count). The average molecular weight is 233 g/mol. The zero-order valence-electron chi connectivity index (χ0n) is 11.1. The van der Waals surface area contributed by atoms with E-state index >= 15 is 0 Å². The standard InChI is InChI=1S/C15H23NO/c1-10-8-13(11(2)12(3)14(10)17)15(9-16)6-4-5-7-15/h8,17H,4-7,9,16H2,1-3H3. The lowest BCUT2D eigenvalue weighted by Gasteiger charge is -2.31. The molecule has 2 nitrogen and oxygen atoms in total. The second-order valence-corrected chi connectivity index (χ2v) is 5.53. The van der Waals surface area contributed by atoms with E-state index in [0.717, 1.165) is 17.7 Å². The lowest BCUT2D eigenvalue weighted by atomic mass is 9.75. The third kappa shape index (κ3) is 1.85. The largest absolute Gasteiger partial charge is 0.507 e. The van der Waals surface area contributed by atoms with Crippen LogP contribution in [0.25, 0.3) is 0 Å². The van der Waals surface area contributed by atoms with Gasteiger partial charge in [0.25, 0.3) is 0 Å². The molecule has 1 aliphatic rings. The topological polar surface area (TPSA) is 46.2 Å². The summed E-state index contributed by atoms with van der Waals surface area (Å²) in [5.41, 5.74) is 10.8. The van der Waals surface area contributed by atoms with Gasteiger partial charge in [-0.3, -0.25) is 0 Å². The number of benzene rings is 1. The number of phenols is 1. The first-order valence-electron chi connectivity index (χ1n) is 6.52. The van der Waals surface area contributed by atoms with E-state index < -0.39 is 0 Å². The molecule has 0 heterocycles. The monoisotopic (exact) mass is 233 g/mol. The highest BCUT2D eigenvalue weighted by Gasteiger charge is 2.36. The van der Waals surface area contributed by atoms with E-state index in [1.807, 2.05) is 13.8 Å². The van der Waals surface area contributed by atoms with Crippen molar-refractivity contribution >= 4 is 0 Å². The van der Waals surface area contributed by atoms with E-state index in [1.165, 1.54) is 36.8 Å². The van der Waals surface area contributed by atoms with E-state index in [2.05, 4.69) is 13.0 Å². The van der Waals surface area contributed by atoms with Crippen LogP contribution in [0.15, 0.2) is 6.07 Å². The van der Waals surface area contributed by atoms with Crippen LogP contribution in [-0.4, -0.2) is 11.7 Å². The van der Waals surface area contributed by atoms with E-state index in [1.54, 1.807) is 0 Å². The fourth-order valence-corrected chi connectivity index (χ4v) is 3.25. The Labute approximate surface area is 104 Å². The van der Waals surface area contributed by atoms with Crippen LogP contribution in [0, 0.1) is 20.8 Å². The molecule has 0 spiro atoms. The molecule has 0 bridgehead atoms. The fraction of sp³-hybridized carbons (Fsp3) is 0.600. The highest BCUT2D eigenvalue weighted by Crippen LogP contribution is 2.44. The number of rotatable bonds is 2. The molecule has 1 aromatic rings. The quantitative estimate of drug-likeness (QED) is 0.824. The van der Waals surface area contributed by atoms with Crippen LogP contribution in [0.3, 0.4) is 0 Å². The normalized spacial score (nSPS) is 18.6. The van der Waals surface area contributed by atoms with E-state index in [0.29, 0.717) is 5.75 Å². The molecule has 1 aliphatic carbocycles. The first kappa shape index (κ1) is 12.4. The van der Waals surface area contributed by atoms with Crippen molar-refractivity contribution in [3.05, 3.63) is 28.3 Å². The third-order valence-corrected chi connectivity index (χ3v) is 4.58. The maximum absolute atomic E-state index is 9.98.